The molecule has 0 bridgehead atoms. The Morgan fingerprint density at radius 2 is 1.32 bits per heavy atom. The first-order valence-corrected chi connectivity index (χ1v) is 14.3. The number of hydrogen-bond donors (Lipinski definition) is 0. The van der Waals surface area contributed by atoms with Gasteiger partial charge in [0.2, 0.25) is 5.89 Å². The van der Waals surface area contributed by atoms with E-state index in [1.165, 1.54) is 19.0 Å². The molecule has 5 heterocycles. The molecule has 5 aromatic rings. The van der Waals surface area contributed by atoms with E-state index in [9.17, 15) is 0 Å². The molecule has 5 aromatic heterocycles. The normalized spacial score (nSPS) is 11.5. The van der Waals surface area contributed by atoms with E-state index in [0.29, 0.717) is 11.3 Å². The summed E-state index contributed by atoms with van der Waals surface area (Å²) in [5.74, 6) is 1.48. The van der Waals surface area contributed by atoms with Crippen molar-refractivity contribution in [3.8, 4) is 0 Å². The molecule has 0 aromatic carbocycles. The largest absolute Gasteiger partial charge is 0.452 e. The first-order valence-electron chi connectivity index (χ1n) is 13.5. The standard InChI is InChI=1S/C10H12N2S.C7H11NO.C6H10N2O.C5H12.C3H3NO/c1-10(2,3)9-12-7-5-4-6-11-8(7)13-9;1-7(2,3)6-8-4-5-9-6;1-6(2,3)5-7-4-8-9-5;1-5(2,3)4;1-2-5-3-4-1/h4-6H,1-3H3;4-5H,1-3H3;4H,1-3H3;1-4H3;1-3H. The highest BCUT2D eigenvalue weighted by molar-refractivity contribution is 7.18. The van der Waals surface area contributed by atoms with E-state index in [2.05, 4.69) is 104 Å². The van der Waals surface area contributed by atoms with Crippen molar-refractivity contribution in [2.24, 2.45) is 5.41 Å². The topological polar surface area (TPSA) is 117 Å². The number of nitrogens with zero attached hydrogens (tertiary/aromatic N) is 6. The van der Waals surface area contributed by atoms with Crippen LogP contribution in [0, 0.1) is 5.41 Å². The summed E-state index contributed by atoms with van der Waals surface area (Å²) in [6.45, 7) is 27.6. The smallest absolute Gasteiger partial charge is 0.231 e. The zero-order chi connectivity index (χ0) is 31.3. The Morgan fingerprint density at radius 1 is 0.683 bits per heavy atom. The predicted octanol–water partition coefficient (Wildman–Crippen LogP) is 9.06. The van der Waals surface area contributed by atoms with Gasteiger partial charge in [-0.05, 0) is 17.5 Å². The van der Waals surface area contributed by atoms with E-state index in [1.54, 1.807) is 30.0 Å². The Balaban J connectivity index is 0.000000269. The molecule has 0 aliphatic rings. The molecule has 0 saturated heterocycles. The van der Waals surface area contributed by atoms with Crippen LogP contribution >= 0.6 is 11.3 Å². The number of thiazole rings is 1. The Morgan fingerprint density at radius 3 is 1.63 bits per heavy atom. The highest BCUT2D eigenvalue weighted by Crippen LogP contribution is 2.29. The number of aromatic nitrogens is 6. The third-order valence-corrected chi connectivity index (χ3v) is 5.64. The van der Waals surface area contributed by atoms with Gasteiger partial charge in [-0.25, -0.2) is 19.9 Å². The fraction of sp³-hybridized carbons (Fsp3) is 0.548. The van der Waals surface area contributed by atoms with Crippen LogP contribution in [-0.4, -0.2) is 30.1 Å². The summed E-state index contributed by atoms with van der Waals surface area (Å²) >= 11 is 1.68. The van der Waals surface area contributed by atoms with Crippen LogP contribution in [0.2, 0.25) is 0 Å². The second-order valence-electron chi connectivity index (χ2n) is 13.9. The maximum Gasteiger partial charge on any atom is 0.231 e. The molecule has 5 rings (SSSR count). The predicted molar refractivity (Wildman–Crippen MR) is 166 cm³/mol. The third kappa shape index (κ3) is 15.8. The zero-order valence-electron chi connectivity index (χ0n) is 27.0. The molecule has 0 aliphatic heterocycles. The van der Waals surface area contributed by atoms with Crippen molar-refractivity contribution in [1.29, 1.82) is 0 Å². The maximum absolute atomic E-state index is 5.09. The monoisotopic (exact) mass is 584 g/mol. The summed E-state index contributed by atoms with van der Waals surface area (Å²) in [6, 6.07) is 3.93. The summed E-state index contributed by atoms with van der Waals surface area (Å²) in [4.78, 5) is 21.3. The van der Waals surface area contributed by atoms with Crippen LogP contribution in [0.5, 0.6) is 0 Å². The quantitative estimate of drug-likeness (QED) is 0.176. The lowest BCUT2D eigenvalue weighted by Gasteiger charge is -2.12. The third-order valence-electron chi connectivity index (χ3n) is 4.23. The van der Waals surface area contributed by atoms with Crippen molar-refractivity contribution in [3.63, 3.8) is 0 Å². The minimum atomic E-state index is -0.0174. The van der Waals surface area contributed by atoms with Crippen molar-refractivity contribution in [2.75, 3.05) is 0 Å². The van der Waals surface area contributed by atoms with E-state index >= 15 is 0 Å². The Labute approximate surface area is 249 Å². The lowest BCUT2D eigenvalue weighted by Crippen LogP contribution is -2.10. The van der Waals surface area contributed by atoms with Crippen molar-refractivity contribution in [2.45, 2.75) is 106 Å². The van der Waals surface area contributed by atoms with Gasteiger partial charge >= 0.3 is 0 Å². The molecule has 0 spiro atoms. The lowest BCUT2D eigenvalue weighted by molar-refractivity contribution is 0.320. The summed E-state index contributed by atoms with van der Waals surface area (Å²) in [5.41, 5.74) is 1.67. The summed E-state index contributed by atoms with van der Waals surface area (Å²) in [6.07, 6.45) is 11.0. The van der Waals surface area contributed by atoms with Gasteiger partial charge in [0.15, 0.2) is 18.6 Å². The first kappa shape index (κ1) is 35.6. The van der Waals surface area contributed by atoms with Gasteiger partial charge in [-0.3, -0.25) is 0 Å². The van der Waals surface area contributed by atoms with Gasteiger partial charge in [-0.1, -0.05) is 107 Å². The van der Waals surface area contributed by atoms with E-state index < -0.39 is 0 Å². The van der Waals surface area contributed by atoms with Crippen LogP contribution < -0.4 is 0 Å². The van der Waals surface area contributed by atoms with E-state index in [4.69, 9.17) is 8.94 Å². The molecule has 0 aliphatic carbocycles. The first-order chi connectivity index (χ1) is 18.8. The summed E-state index contributed by atoms with van der Waals surface area (Å²) in [7, 11) is 0. The van der Waals surface area contributed by atoms with Gasteiger partial charge in [0, 0.05) is 22.4 Å². The summed E-state index contributed by atoms with van der Waals surface area (Å²) in [5, 5.41) is 4.66. The Hall–Kier alpha value is -3.40. The average Bonchev–Trinajstić information content (AvgIpc) is 3.65. The minimum absolute atomic E-state index is 0.0174. The molecule has 0 atom stereocenters. The van der Waals surface area contributed by atoms with Crippen LogP contribution in [0.1, 0.15) is 107 Å². The molecule has 0 saturated carbocycles. The fourth-order valence-electron chi connectivity index (χ4n) is 2.36. The Bertz CT molecular complexity index is 1220. The average molecular weight is 585 g/mol. The molecule has 0 fully saturated rings. The van der Waals surface area contributed by atoms with Gasteiger partial charge in [-0.2, -0.15) is 4.98 Å². The molecular weight excluding hydrogens is 536 g/mol. The molecule has 0 unspecified atom stereocenters. The summed E-state index contributed by atoms with van der Waals surface area (Å²) < 4.78 is 14.4. The molecule has 226 valence electrons. The number of fused-ring (bicyclic) bond motifs is 1. The van der Waals surface area contributed by atoms with Crippen LogP contribution in [0.15, 0.2) is 69.3 Å². The number of oxazole rings is 2. The Kier molecular flexibility index (Phi) is 13.5. The van der Waals surface area contributed by atoms with Crippen molar-refractivity contribution in [1.82, 2.24) is 30.1 Å². The lowest BCUT2D eigenvalue weighted by atomic mass is 9.97. The van der Waals surface area contributed by atoms with Crippen LogP contribution in [0.3, 0.4) is 0 Å². The second kappa shape index (κ2) is 15.6. The highest BCUT2D eigenvalue weighted by atomic mass is 32.1. The molecule has 10 heteroatoms. The van der Waals surface area contributed by atoms with Crippen molar-refractivity contribution in [3.05, 3.63) is 72.8 Å². The fourth-order valence-corrected chi connectivity index (χ4v) is 3.33. The van der Waals surface area contributed by atoms with Crippen molar-refractivity contribution >= 4 is 21.7 Å². The minimum Gasteiger partial charge on any atom is -0.452 e. The van der Waals surface area contributed by atoms with Crippen molar-refractivity contribution < 1.29 is 13.4 Å². The maximum atomic E-state index is 5.09. The van der Waals surface area contributed by atoms with Crippen LogP contribution in [-0.2, 0) is 16.2 Å². The van der Waals surface area contributed by atoms with E-state index in [-0.39, 0.29) is 16.2 Å². The second-order valence-corrected chi connectivity index (χ2v) is 14.8. The zero-order valence-corrected chi connectivity index (χ0v) is 27.8. The molecular formula is C31H48N6O3S. The molecule has 0 N–H and O–H groups in total. The van der Waals surface area contributed by atoms with Crippen LogP contribution in [0.25, 0.3) is 10.3 Å². The van der Waals surface area contributed by atoms with Gasteiger partial charge < -0.3 is 13.4 Å². The van der Waals surface area contributed by atoms with Gasteiger partial charge in [0.1, 0.15) is 27.9 Å². The molecule has 0 radical (unpaired) electrons. The molecule has 41 heavy (non-hydrogen) atoms. The number of hydrogen-bond acceptors (Lipinski definition) is 10. The van der Waals surface area contributed by atoms with Gasteiger partial charge in [0.05, 0.1) is 12.4 Å². The van der Waals surface area contributed by atoms with Gasteiger partial charge in [0.25, 0.3) is 0 Å². The number of rotatable bonds is 0. The number of pyridine rings is 1. The van der Waals surface area contributed by atoms with Gasteiger partial charge in [-0.15, -0.1) is 0 Å². The van der Waals surface area contributed by atoms with Crippen LogP contribution in [0.4, 0.5) is 0 Å². The van der Waals surface area contributed by atoms with E-state index in [1.807, 2.05) is 39.1 Å². The molecule has 0 amide bonds. The highest BCUT2D eigenvalue weighted by Gasteiger charge is 2.20. The SMILES string of the molecule is CC(C)(C)C.CC(C)(C)c1nc2cccnc2s1.CC(C)(C)c1ncco1.CC(C)(C)c1ncno1.c1cocn1. The van der Waals surface area contributed by atoms with E-state index in [0.717, 1.165) is 21.2 Å². The molecule has 9 nitrogen and oxygen atoms in total.